The third kappa shape index (κ3) is 5.67. The molecule has 1 atom stereocenters. The van der Waals surface area contributed by atoms with E-state index in [1.54, 1.807) is 6.92 Å². The second-order valence-electron chi connectivity index (χ2n) is 4.49. The average Bonchev–Trinajstić information content (AvgIpc) is 2.25. The van der Waals surface area contributed by atoms with E-state index in [-0.39, 0.29) is 12.0 Å². The van der Waals surface area contributed by atoms with Crippen molar-refractivity contribution in [3.05, 3.63) is 0 Å². The zero-order valence-electron chi connectivity index (χ0n) is 10.3. The molecular weight excluding hydrogens is 210 g/mol. The molecule has 0 aromatic rings. The minimum Gasteiger partial charge on any atom is -0.396 e. The van der Waals surface area contributed by atoms with Crippen LogP contribution < -0.4 is 16.0 Å². The Morgan fingerprint density at radius 3 is 2.38 bits per heavy atom. The van der Waals surface area contributed by atoms with Crippen LogP contribution in [0.1, 0.15) is 20.8 Å². The fourth-order valence-corrected chi connectivity index (χ4v) is 0.861. The lowest BCUT2D eigenvalue weighted by Gasteiger charge is -2.24. The highest BCUT2D eigenvalue weighted by molar-refractivity contribution is 5.96. The van der Waals surface area contributed by atoms with Gasteiger partial charge in [0.05, 0.1) is 6.04 Å². The Morgan fingerprint density at radius 2 is 1.94 bits per heavy atom. The molecule has 0 saturated carbocycles. The second kappa shape index (κ2) is 6.44. The Balaban J connectivity index is 4.02. The van der Waals surface area contributed by atoms with Crippen LogP contribution in [-0.2, 0) is 4.79 Å². The number of imide groups is 1. The van der Waals surface area contributed by atoms with E-state index in [2.05, 4.69) is 16.0 Å². The monoisotopic (exact) mass is 231 g/mol. The molecule has 16 heavy (non-hydrogen) atoms. The number of hydrogen-bond donors (Lipinski definition) is 4. The maximum absolute atomic E-state index is 11.4. The zero-order chi connectivity index (χ0) is 12.8. The van der Waals surface area contributed by atoms with Gasteiger partial charge in [-0.25, -0.2) is 4.79 Å². The van der Waals surface area contributed by atoms with Crippen molar-refractivity contribution >= 4 is 11.9 Å². The molecule has 0 aliphatic rings. The van der Waals surface area contributed by atoms with Crippen LogP contribution in [0.2, 0.25) is 0 Å². The maximum Gasteiger partial charge on any atom is 0.321 e. The molecule has 6 nitrogen and oxygen atoms in total. The molecule has 0 aliphatic heterocycles. The molecule has 0 rings (SSSR count). The van der Waals surface area contributed by atoms with Crippen molar-refractivity contribution in [1.82, 2.24) is 16.0 Å². The molecule has 0 saturated heterocycles. The predicted octanol–water partition coefficient (Wildman–Crippen LogP) is -0.561. The minimum absolute atomic E-state index is 0.0315. The van der Waals surface area contributed by atoms with E-state index in [1.165, 1.54) is 7.05 Å². The zero-order valence-corrected chi connectivity index (χ0v) is 10.3. The van der Waals surface area contributed by atoms with E-state index in [1.807, 2.05) is 13.8 Å². The Kier molecular flexibility index (Phi) is 5.98. The van der Waals surface area contributed by atoms with Crippen molar-refractivity contribution in [2.45, 2.75) is 26.8 Å². The largest absolute Gasteiger partial charge is 0.396 e. The van der Waals surface area contributed by atoms with Crippen LogP contribution in [0, 0.1) is 5.41 Å². The van der Waals surface area contributed by atoms with Gasteiger partial charge in [0.2, 0.25) is 5.91 Å². The summed E-state index contributed by atoms with van der Waals surface area (Å²) < 4.78 is 0. The summed E-state index contributed by atoms with van der Waals surface area (Å²) in [5, 5.41) is 16.4. The third-order valence-electron chi connectivity index (χ3n) is 2.17. The van der Waals surface area contributed by atoms with Crippen LogP contribution in [0.25, 0.3) is 0 Å². The molecule has 0 bridgehead atoms. The van der Waals surface area contributed by atoms with E-state index in [4.69, 9.17) is 5.11 Å². The van der Waals surface area contributed by atoms with Crippen molar-refractivity contribution in [1.29, 1.82) is 0 Å². The fraction of sp³-hybridized carbons (Fsp3) is 0.800. The highest BCUT2D eigenvalue weighted by atomic mass is 16.3. The summed E-state index contributed by atoms with van der Waals surface area (Å²) in [6, 6.07) is -1.01. The van der Waals surface area contributed by atoms with Gasteiger partial charge < -0.3 is 15.7 Å². The van der Waals surface area contributed by atoms with Crippen molar-refractivity contribution in [2.75, 3.05) is 20.2 Å². The predicted molar refractivity (Wildman–Crippen MR) is 60.9 cm³/mol. The molecule has 6 heteroatoms. The van der Waals surface area contributed by atoms with Gasteiger partial charge in [-0.05, 0) is 6.92 Å². The van der Waals surface area contributed by atoms with E-state index in [0.29, 0.717) is 6.54 Å². The Morgan fingerprint density at radius 1 is 1.38 bits per heavy atom. The molecule has 0 aliphatic carbocycles. The summed E-state index contributed by atoms with van der Waals surface area (Å²) >= 11 is 0. The first-order chi connectivity index (χ1) is 7.32. The van der Waals surface area contributed by atoms with Crippen molar-refractivity contribution in [3.8, 4) is 0 Å². The quantitative estimate of drug-likeness (QED) is 0.510. The number of carbonyl (C=O) groups is 2. The highest BCUT2D eigenvalue weighted by Gasteiger charge is 2.20. The van der Waals surface area contributed by atoms with E-state index in [9.17, 15) is 9.59 Å². The van der Waals surface area contributed by atoms with Gasteiger partial charge in [0, 0.05) is 25.6 Å². The lowest BCUT2D eigenvalue weighted by Crippen LogP contribution is -2.49. The van der Waals surface area contributed by atoms with Crippen LogP contribution >= 0.6 is 0 Å². The molecule has 0 fully saturated rings. The molecule has 3 amide bonds. The van der Waals surface area contributed by atoms with Gasteiger partial charge in [-0.1, -0.05) is 13.8 Å². The van der Waals surface area contributed by atoms with Gasteiger partial charge >= 0.3 is 6.03 Å². The topological polar surface area (TPSA) is 90.5 Å². The molecule has 0 aromatic heterocycles. The highest BCUT2D eigenvalue weighted by Crippen LogP contribution is 2.11. The third-order valence-corrected chi connectivity index (χ3v) is 2.17. The average molecular weight is 231 g/mol. The van der Waals surface area contributed by atoms with Gasteiger partial charge in [0.25, 0.3) is 0 Å². The van der Waals surface area contributed by atoms with Gasteiger partial charge in [-0.2, -0.15) is 0 Å². The van der Waals surface area contributed by atoms with E-state index < -0.39 is 18.0 Å². The number of aliphatic hydroxyl groups excluding tert-OH is 1. The van der Waals surface area contributed by atoms with E-state index >= 15 is 0 Å². The number of amides is 3. The molecular formula is C10H21N3O3. The summed E-state index contributed by atoms with van der Waals surface area (Å²) in [5.41, 5.74) is -0.290. The molecule has 0 aromatic carbocycles. The lowest BCUT2D eigenvalue weighted by atomic mass is 9.94. The Labute approximate surface area is 95.8 Å². The summed E-state index contributed by atoms with van der Waals surface area (Å²) in [7, 11) is 1.44. The standard InChI is InChI=1S/C10H21N3O3/c1-7(8(15)13-9(16)11-4)12-5-10(2,3)6-14/h7,12,14H,5-6H2,1-4H3,(H2,11,13,15,16). The van der Waals surface area contributed by atoms with Gasteiger partial charge in [0.1, 0.15) is 0 Å². The number of nitrogens with one attached hydrogen (secondary N) is 3. The Hall–Kier alpha value is -1.14. The first-order valence-corrected chi connectivity index (χ1v) is 5.19. The maximum atomic E-state index is 11.4. The molecule has 1 unspecified atom stereocenters. The summed E-state index contributed by atoms with van der Waals surface area (Å²) in [6.07, 6.45) is 0. The van der Waals surface area contributed by atoms with Gasteiger partial charge in [-0.3, -0.25) is 10.1 Å². The van der Waals surface area contributed by atoms with Gasteiger partial charge in [0.15, 0.2) is 0 Å². The summed E-state index contributed by atoms with van der Waals surface area (Å²) in [5.74, 6) is -0.395. The number of hydrogen-bond acceptors (Lipinski definition) is 4. The van der Waals surface area contributed by atoms with Crippen molar-refractivity contribution < 1.29 is 14.7 Å². The van der Waals surface area contributed by atoms with Crippen LogP contribution in [0.3, 0.4) is 0 Å². The molecule has 0 radical (unpaired) electrons. The first kappa shape index (κ1) is 14.9. The van der Waals surface area contributed by atoms with Crippen molar-refractivity contribution in [3.63, 3.8) is 0 Å². The first-order valence-electron chi connectivity index (χ1n) is 5.19. The molecule has 4 N–H and O–H groups in total. The number of urea groups is 1. The normalized spacial score (nSPS) is 13.1. The summed E-state index contributed by atoms with van der Waals surface area (Å²) in [4.78, 5) is 22.3. The summed E-state index contributed by atoms with van der Waals surface area (Å²) in [6.45, 7) is 5.94. The Bertz CT molecular complexity index is 254. The number of aliphatic hydroxyl groups is 1. The number of rotatable bonds is 5. The molecule has 0 heterocycles. The molecule has 0 spiro atoms. The van der Waals surface area contributed by atoms with Crippen molar-refractivity contribution in [2.24, 2.45) is 5.41 Å². The van der Waals surface area contributed by atoms with Crippen LogP contribution in [0.15, 0.2) is 0 Å². The van der Waals surface area contributed by atoms with Crippen LogP contribution in [-0.4, -0.2) is 43.3 Å². The smallest absolute Gasteiger partial charge is 0.321 e. The van der Waals surface area contributed by atoms with Crippen LogP contribution in [0.5, 0.6) is 0 Å². The SMILES string of the molecule is CNC(=O)NC(=O)C(C)NCC(C)(C)CO. The number of carbonyl (C=O) groups excluding carboxylic acids is 2. The second-order valence-corrected chi connectivity index (χ2v) is 4.49. The fourth-order valence-electron chi connectivity index (χ4n) is 0.861. The van der Waals surface area contributed by atoms with E-state index in [0.717, 1.165) is 0 Å². The van der Waals surface area contributed by atoms with Gasteiger partial charge in [-0.15, -0.1) is 0 Å². The van der Waals surface area contributed by atoms with Crippen LogP contribution in [0.4, 0.5) is 4.79 Å². The molecule has 94 valence electrons. The minimum atomic E-state index is -0.528. The lowest BCUT2D eigenvalue weighted by molar-refractivity contribution is -0.121.